The average Bonchev–Trinajstić information content (AvgIpc) is 2.70. The third kappa shape index (κ3) is 5.92. The van der Waals surface area contributed by atoms with Gasteiger partial charge in [-0.1, -0.05) is 23.7 Å². The summed E-state index contributed by atoms with van der Waals surface area (Å²) in [4.78, 5) is 12.2. The van der Waals surface area contributed by atoms with Crippen LogP contribution in [-0.2, 0) is 16.2 Å². The van der Waals surface area contributed by atoms with Crippen molar-refractivity contribution in [1.82, 2.24) is 0 Å². The number of alkyl halides is 3. The molecule has 3 N–H and O–H groups in total. The number of rotatable bonds is 5. The lowest BCUT2D eigenvalue weighted by atomic mass is 10.2. The summed E-state index contributed by atoms with van der Waals surface area (Å²) in [6.45, 7) is 1.64. The van der Waals surface area contributed by atoms with Crippen LogP contribution < -0.4 is 15.4 Å². The monoisotopic (exact) mass is 483 g/mol. The fraction of sp³-hybridized carbons (Fsp3) is 0.0952. The molecule has 3 aromatic carbocycles. The lowest BCUT2D eigenvalue weighted by Gasteiger charge is -2.14. The molecule has 11 heteroatoms. The van der Waals surface area contributed by atoms with Gasteiger partial charge in [0.15, 0.2) is 0 Å². The molecule has 0 bridgehead atoms. The molecular formula is C21H17ClF3N3O3S. The highest BCUT2D eigenvalue weighted by molar-refractivity contribution is 7.92. The molecule has 0 aliphatic carbocycles. The minimum absolute atomic E-state index is 0.0665. The van der Waals surface area contributed by atoms with Gasteiger partial charge in [0.05, 0.1) is 10.5 Å². The molecule has 0 aromatic heterocycles. The summed E-state index contributed by atoms with van der Waals surface area (Å²) in [5.41, 5.74) is 0.0471. The van der Waals surface area contributed by atoms with Gasteiger partial charge < -0.3 is 10.6 Å². The zero-order valence-corrected chi connectivity index (χ0v) is 18.1. The zero-order chi connectivity index (χ0) is 23.5. The number of aryl methyl sites for hydroxylation is 1. The molecule has 0 saturated carbocycles. The molecule has 0 aliphatic rings. The minimum Gasteiger partial charge on any atom is -0.308 e. The molecule has 0 spiro atoms. The van der Waals surface area contributed by atoms with Crippen LogP contribution in [0.15, 0.2) is 71.6 Å². The summed E-state index contributed by atoms with van der Waals surface area (Å²) in [6.07, 6.45) is -4.55. The molecule has 3 rings (SSSR count). The lowest BCUT2D eigenvalue weighted by molar-refractivity contribution is -0.137. The molecule has 0 atom stereocenters. The van der Waals surface area contributed by atoms with E-state index in [0.29, 0.717) is 16.3 Å². The maximum atomic E-state index is 12.8. The van der Waals surface area contributed by atoms with Crippen molar-refractivity contribution in [2.45, 2.75) is 18.0 Å². The van der Waals surface area contributed by atoms with Crippen molar-refractivity contribution >= 4 is 44.7 Å². The predicted molar refractivity (Wildman–Crippen MR) is 118 cm³/mol. The number of amides is 2. The Morgan fingerprint density at radius 1 is 0.906 bits per heavy atom. The number of nitrogens with one attached hydrogen (secondary N) is 3. The van der Waals surface area contributed by atoms with Crippen molar-refractivity contribution in [1.29, 1.82) is 0 Å². The Bertz CT molecular complexity index is 1250. The molecule has 0 fully saturated rings. The van der Waals surface area contributed by atoms with Gasteiger partial charge in [-0.15, -0.1) is 0 Å². The van der Waals surface area contributed by atoms with E-state index < -0.39 is 27.8 Å². The molecule has 6 nitrogen and oxygen atoms in total. The van der Waals surface area contributed by atoms with Gasteiger partial charge in [-0.25, -0.2) is 13.2 Å². The van der Waals surface area contributed by atoms with Crippen LogP contribution in [0, 0.1) is 6.92 Å². The van der Waals surface area contributed by atoms with E-state index in [1.807, 2.05) is 0 Å². The number of sulfonamides is 1. The third-order valence-corrected chi connectivity index (χ3v) is 5.94. The van der Waals surface area contributed by atoms with E-state index in [1.165, 1.54) is 54.6 Å². The van der Waals surface area contributed by atoms with E-state index in [1.54, 1.807) is 6.92 Å². The van der Waals surface area contributed by atoms with Crippen molar-refractivity contribution in [3.63, 3.8) is 0 Å². The van der Waals surface area contributed by atoms with Gasteiger partial charge in [0.1, 0.15) is 0 Å². The number of hydrogen-bond acceptors (Lipinski definition) is 3. The topological polar surface area (TPSA) is 87.3 Å². The van der Waals surface area contributed by atoms with Crippen LogP contribution in [0.2, 0.25) is 5.02 Å². The number of hydrogen-bond donors (Lipinski definition) is 3. The summed E-state index contributed by atoms with van der Waals surface area (Å²) in [7, 11) is -3.97. The van der Waals surface area contributed by atoms with Gasteiger partial charge in [-0.2, -0.15) is 13.2 Å². The third-order valence-electron chi connectivity index (χ3n) is 4.31. The lowest BCUT2D eigenvalue weighted by Crippen LogP contribution is -2.21. The second-order valence-electron chi connectivity index (χ2n) is 6.75. The predicted octanol–water partition coefficient (Wildman–Crippen LogP) is 6.11. The number of carbonyl (C=O) groups excluding carboxylic acids is 1. The van der Waals surface area contributed by atoms with Crippen LogP contribution in [0.5, 0.6) is 0 Å². The van der Waals surface area contributed by atoms with Gasteiger partial charge in [0.2, 0.25) is 0 Å². The van der Waals surface area contributed by atoms with Crippen molar-refractivity contribution in [3.8, 4) is 0 Å². The Hall–Kier alpha value is -3.24. The van der Waals surface area contributed by atoms with Gasteiger partial charge in [-0.05, 0) is 67.1 Å². The van der Waals surface area contributed by atoms with E-state index in [9.17, 15) is 26.4 Å². The fourth-order valence-electron chi connectivity index (χ4n) is 2.69. The molecule has 0 heterocycles. The van der Waals surface area contributed by atoms with Crippen LogP contribution in [-0.4, -0.2) is 14.4 Å². The average molecular weight is 484 g/mol. The molecule has 0 aliphatic heterocycles. The van der Waals surface area contributed by atoms with Gasteiger partial charge in [0.25, 0.3) is 10.0 Å². The van der Waals surface area contributed by atoms with E-state index >= 15 is 0 Å². The summed E-state index contributed by atoms with van der Waals surface area (Å²) < 4.78 is 66.3. The Kier molecular flexibility index (Phi) is 6.65. The van der Waals surface area contributed by atoms with E-state index in [-0.39, 0.29) is 16.3 Å². The summed E-state index contributed by atoms with van der Waals surface area (Å²) in [6, 6.07) is 13.5. The second kappa shape index (κ2) is 9.09. The Morgan fingerprint density at radius 3 is 2.25 bits per heavy atom. The minimum atomic E-state index is -4.55. The number of urea groups is 1. The van der Waals surface area contributed by atoms with Gasteiger partial charge in [0, 0.05) is 22.1 Å². The van der Waals surface area contributed by atoms with Gasteiger partial charge in [-0.3, -0.25) is 4.72 Å². The molecule has 3 aromatic rings. The molecule has 168 valence electrons. The smallest absolute Gasteiger partial charge is 0.308 e. The van der Waals surface area contributed by atoms with E-state index in [2.05, 4.69) is 15.4 Å². The van der Waals surface area contributed by atoms with Crippen molar-refractivity contribution in [2.24, 2.45) is 0 Å². The Labute approximate surface area is 187 Å². The number of carbonyl (C=O) groups is 1. The maximum absolute atomic E-state index is 12.8. The number of benzene rings is 3. The first kappa shape index (κ1) is 23.4. The normalized spacial score (nSPS) is 11.7. The molecule has 0 saturated heterocycles. The number of anilines is 3. The highest BCUT2D eigenvalue weighted by atomic mass is 35.5. The molecular weight excluding hydrogens is 467 g/mol. The summed E-state index contributed by atoms with van der Waals surface area (Å²) in [5.74, 6) is 0. The SMILES string of the molecule is Cc1ccc(S(=O)(=O)Nc2ccc(Cl)cc2)cc1NC(=O)Nc1cccc(C(F)(F)F)c1. The van der Waals surface area contributed by atoms with Crippen molar-refractivity contribution in [3.05, 3.63) is 82.9 Å². The first-order valence-corrected chi connectivity index (χ1v) is 10.9. The largest absolute Gasteiger partial charge is 0.416 e. The molecule has 0 unspecified atom stereocenters. The molecule has 2 amide bonds. The molecule has 0 radical (unpaired) electrons. The van der Waals surface area contributed by atoms with Crippen LogP contribution >= 0.6 is 11.6 Å². The van der Waals surface area contributed by atoms with Gasteiger partial charge >= 0.3 is 12.2 Å². The van der Waals surface area contributed by atoms with Crippen molar-refractivity contribution < 1.29 is 26.4 Å². The summed E-state index contributed by atoms with van der Waals surface area (Å²) >= 11 is 5.80. The highest BCUT2D eigenvalue weighted by Crippen LogP contribution is 2.31. The van der Waals surface area contributed by atoms with Crippen LogP contribution in [0.25, 0.3) is 0 Å². The quantitative estimate of drug-likeness (QED) is 0.409. The first-order chi connectivity index (χ1) is 14.9. The Balaban J connectivity index is 1.77. The summed E-state index contributed by atoms with van der Waals surface area (Å²) in [5, 5.41) is 5.21. The Morgan fingerprint density at radius 2 is 1.59 bits per heavy atom. The second-order valence-corrected chi connectivity index (χ2v) is 8.87. The van der Waals surface area contributed by atoms with E-state index in [0.717, 1.165) is 12.1 Å². The first-order valence-electron chi connectivity index (χ1n) is 9.08. The highest BCUT2D eigenvalue weighted by Gasteiger charge is 2.30. The van der Waals surface area contributed by atoms with Crippen LogP contribution in [0.4, 0.5) is 35.0 Å². The van der Waals surface area contributed by atoms with Crippen LogP contribution in [0.1, 0.15) is 11.1 Å². The molecule has 32 heavy (non-hydrogen) atoms. The maximum Gasteiger partial charge on any atom is 0.416 e. The zero-order valence-electron chi connectivity index (χ0n) is 16.5. The van der Waals surface area contributed by atoms with E-state index in [4.69, 9.17) is 11.6 Å². The standard InChI is InChI=1S/C21H17ClF3N3O3S/c1-13-5-10-18(32(30,31)28-16-8-6-15(22)7-9-16)12-19(13)27-20(29)26-17-4-2-3-14(11-17)21(23,24)25/h2-12,28H,1H3,(H2,26,27,29). The number of halogens is 4. The van der Waals surface area contributed by atoms with Crippen molar-refractivity contribution in [2.75, 3.05) is 15.4 Å². The van der Waals surface area contributed by atoms with Crippen LogP contribution in [0.3, 0.4) is 0 Å². The fourth-order valence-corrected chi connectivity index (χ4v) is 3.90.